The monoisotopic (exact) mass is 161 g/mol. The summed E-state index contributed by atoms with van der Waals surface area (Å²) in [6, 6.07) is 11.6. The molecule has 1 aromatic rings. The molecule has 0 aliphatic carbocycles. The molecule has 0 unspecified atom stereocenters. The van der Waals surface area contributed by atoms with Gasteiger partial charge in [-0.1, -0.05) is 30.3 Å². The molecule has 62 valence electrons. The van der Waals surface area contributed by atoms with Crippen LogP contribution in [0.2, 0.25) is 0 Å². The summed E-state index contributed by atoms with van der Waals surface area (Å²) in [7, 11) is 0. The van der Waals surface area contributed by atoms with Crippen LogP contribution in [-0.4, -0.2) is 6.61 Å². The van der Waals surface area contributed by atoms with E-state index in [4.69, 9.17) is 10.00 Å². The van der Waals surface area contributed by atoms with Crippen molar-refractivity contribution in [2.45, 2.75) is 13.0 Å². The molecule has 0 bridgehead atoms. The average Bonchev–Trinajstić information content (AvgIpc) is 2.15. The summed E-state index contributed by atoms with van der Waals surface area (Å²) >= 11 is 0. The van der Waals surface area contributed by atoms with Gasteiger partial charge < -0.3 is 4.74 Å². The summed E-state index contributed by atoms with van der Waals surface area (Å²) in [6.07, 6.45) is -0.420. The van der Waals surface area contributed by atoms with Crippen molar-refractivity contribution < 1.29 is 4.74 Å². The molecule has 2 heteroatoms. The molecule has 0 spiro atoms. The number of hydrogen-bond donors (Lipinski definition) is 0. The fraction of sp³-hybridized carbons (Fsp3) is 0.300. The van der Waals surface area contributed by atoms with E-state index in [1.54, 1.807) is 0 Å². The second-order valence-electron chi connectivity index (χ2n) is 2.38. The Hall–Kier alpha value is -1.33. The maximum atomic E-state index is 8.74. The number of ether oxygens (including phenoxy) is 1. The largest absolute Gasteiger partial charge is 0.359 e. The van der Waals surface area contributed by atoms with Crippen molar-refractivity contribution in [3.63, 3.8) is 0 Å². The van der Waals surface area contributed by atoms with Gasteiger partial charge in [-0.3, -0.25) is 0 Å². The van der Waals surface area contributed by atoms with Gasteiger partial charge in [0.1, 0.15) is 0 Å². The molecule has 0 aromatic heterocycles. The SMILES string of the molecule is CCO[C@@H](C#N)c1ccccc1. The van der Waals surface area contributed by atoms with Gasteiger partial charge >= 0.3 is 0 Å². The number of rotatable bonds is 3. The molecule has 0 radical (unpaired) electrons. The van der Waals surface area contributed by atoms with Gasteiger partial charge in [0.25, 0.3) is 0 Å². The molecule has 0 aliphatic heterocycles. The Morgan fingerprint density at radius 2 is 2.08 bits per heavy atom. The molecule has 0 N–H and O–H groups in total. The minimum Gasteiger partial charge on any atom is -0.359 e. The van der Waals surface area contributed by atoms with E-state index in [2.05, 4.69) is 6.07 Å². The van der Waals surface area contributed by atoms with Crippen LogP contribution in [-0.2, 0) is 4.74 Å². The quantitative estimate of drug-likeness (QED) is 0.681. The van der Waals surface area contributed by atoms with Crippen molar-refractivity contribution in [3.05, 3.63) is 35.9 Å². The van der Waals surface area contributed by atoms with E-state index < -0.39 is 6.10 Å². The molecule has 0 saturated carbocycles. The molecule has 1 rings (SSSR count). The van der Waals surface area contributed by atoms with Crippen LogP contribution in [0.15, 0.2) is 30.3 Å². The fourth-order valence-corrected chi connectivity index (χ4v) is 1.00. The Balaban J connectivity index is 2.75. The first-order valence-electron chi connectivity index (χ1n) is 3.94. The maximum Gasteiger partial charge on any atom is 0.169 e. The van der Waals surface area contributed by atoms with Gasteiger partial charge in [0.05, 0.1) is 6.07 Å². The van der Waals surface area contributed by atoms with Crippen LogP contribution in [0.25, 0.3) is 0 Å². The molecular weight excluding hydrogens is 150 g/mol. The van der Waals surface area contributed by atoms with Gasteiger partial charge in [-0.05, 0) is 12.5 Å². The van der Waals surface area contributed by atoms with Gasteiger partial charge in [0.15, 0.2) is 6.10 Å². The van der Waals surface area contributed by atoms with Crippen molar-refractivity contribution >= 4 is 0 Å². The van der Waals surface area contributed by atoms with Crippen LogP contribution in [0.5, 0.6) is 0 Å². The number of nitrogens with zero attached hydrogens (tertiary/aromatic N) is 1. The van der Waals surface area contributed by atoms with E-state index >= 15 is 0 Å². The van der Waals surface area contributed by atoms with E-state index in [1.165, 1.54) is 0 Å². The van der Waals surface area contributed by atoms with Crippen LogP contribution in [0, 0.1) is 11.3 Å². The molecule has 1 aromatic carbocycles. The molecule has 0 saturated heterocycles. The number of nitriles is 1. The third-order valence-electron chi connectivity index (χ3n) is 1.55. The molecule has 12 heavy (non-hydrogen) atoms. The smallest absolute Gasteiger partial charge is 0.169 e. The maximum absolute atomic E-state index is 8.74. The Morgan fingerprint density at radius 3 is 2.58 bits per heavy atom. The summed E-state index contributed by atoms with van der Waals surface area (Å²) in [5.41, 5.74) is 0.918. The van der Waals surface area contributed by atoms with E-state index in [1.807, 2.05) is 37.3 Å². The predicted molar refractivity (Wildman–Crippen MR) is 46.4 cm³/mol. The Morgan fingerprint density at radius 1 is 1.42 bits per heavy atom. The topological polar surface area (TPSA) is 33.0 Å². The summed E-state index contributed by atoms with van der Waals surface area (Å²) in [4.78, 5) is 0. The number of hydrogen-bond acceptors (Lipinski definition) is 2. The first-order valence-corrected chi connectivity index (χ1v) is 3.94. The van der Waals surface area contributed by atoms with Crippen molar-refractivity contribution in [2.75, 3.05) is 6.61 Å². The molecule has 0 aliphatic rings. The summed E-state index contributed by atoms with van der Waals surface area (Å²) in [5, 5.41) is 8.74. The minimum atomic E-state index is -0.420. The summed E-state index contributed by atoms with van der Waals surface area (Å²) < 4.78 is 5.22. The lowest BCUT2D eigenvalue weighted by Gasteiger charge is -2.07. The highest BCUT2D eigenvalue weighted by Gasteiger charge is 2.07. The fourth-order valence-electron chi connectivity index (χ4n) is 1.00. The van der Waals surface area contributed by atoms with Crippen molar-refractivity contribution in [3.8, 4) is 6.07 Å². The third-order valence-corrected chi connectivity index (χ3v) is 1.55. The predicted octanol–water partition coefficient (Wildman–Crippen LogP) is 2.29. The van der Waals surface area contributed by atoms with Crippen LogP contribution in [0.3, 0.4) is 0 Å². The first-order chi connectivity index (χ1) is 5.88. The van der Waals surface area contributed by atoms with Gasteiger partial charge in [-0.2, -0.15) is 5.26 Å². The lowest BCUT2D eigenvalue weighted by atomic mass is 10.1. The van der Waals surface area contributed by atoms with Crippen LogP contribution < -0.4 is 0 Å². The summed E-state index contributed by atoms with van der Waals surface area (Å²) in [5.74, 6) is 0. The van der Waals surface area contributed by atoms with Crippen LogP contribution >= 0.6 is 0 Å². The standard InChI is InChI=1S/C10H11NO/c1-2-12-10(8-11)9-6-4-3-5-7-9/h3-7,10H,2H2,1H3/t10-/m0/s1. The lowest BCUT2D eigenvalue weighted by molar-refractivity contribution is 0.102. The highest BCUT2D eigenvalue weighted by atomic mass is 16.5. The van der Waals surface area contributed by atoms with Crippen molar-refractivity contribution in [2.24, 2.45) is 0 Å². The van der Waals surface area contributed by atoms with Gasteiger partial charge in [0.2, 0.25) is 0 Å². The lowest BCUT2D eigenvalue weighted by Crippen LogP contribution is -2.00. The second kappa shape index (κ2) is 4.53. The first kappa shape index (κ1) is 8.76. The molecular formula is C10H11NO. The number of benzene rings is 1. The van der Waals surface area contributed by atoms with Gasteiger partial charge in [-0.15, -0.1) is 0 Å². The molecule has 1 atom stereocenters. The van der Waals surface area contributed by atoms with Crippen molar-refractivity contribution in [1.82, 2.24) is 0 Å². The summed E-state index contributed by atoms with van der Waals surface area (Å²) in [6.45, 7) is 2.44. The van der Waals surface area contributed by atoms with Crippen LogP contribution in [0.4, 0.5) is 0 Å². The van der Waals surface area contributed by atoms with Crippen molar-refractivity contribution in [1.29, 1.82) is 5.26 Å². The van der Waals surface area contributed by atoms with E-state index in [-0.39, 0.29) is 0 Å². The zero-order valence-corrected chi connectivity index (χ0v) is 7.03. The van der Waals surface area contributed by atoms with E-state index in [0.29, 0.717) is 6.61 Å². The van der Waals surface area contributed by atoms with E-state index in [9.17, 15) is 0 Å². The minimum absolute atomic E-state index is 0.420. The average molecular weight is 161 g/mol. The second-order valence-corrected chi connectivity index (χ2v) is 2.38. The molecule has 0 fully saturated rings. The Labute approximate surface area is 72.4 Å². The molecule has 2 nitrogen and oxygen atoms in total. The molecule has 0 heterocycles. The highest BCUT2D eigenvalue weighted by molar-refractivity contribution is 5.21. The zero-order chi connectivity index (χ0) is 8.81. The van der Waals surface area contributed by atoms with Gasteiger partial charge in [-0.25, -0.2) is 0 Å². The Bertz CT molecular complexity index is 263. The van der Waals surface area contributed by atoms with E-state index in [0.717, 1.165) is 5.56 Å². The van der Waals surface area contributed by atoms with Crippen LogP contribution in [0.1, 0.15) is 18.6 Å². The Kier molecular flexibility index (Phi) is 3.31. The third kappa shape index (κ3) is 2.08. The highest BCUT2D eigenvalue weighted by Crippen LogP contribution is 2.14. The zero-order valence-electron chi connectivity index (χ0n) is 7.03. The molecule has 0 amide bonds. The normalized spacial score (nSPS) is 12.0. The van der Waals surface area contributed by atoms with Gasteiger partial charge in [0, 0.05) is 6.61 Å².